The topological polar surface area (TPSA) is 72.5 Å². The summed E-state index contributed by atoms with van der Waals surface area (Å²) in [4.78, 5) is 37.6. The van der Waals surface area contributed by atoms with Crippen molar-refractivity contribution in [1.29, 1.82) is 0 Å². The maximum atomic E-state index is 13.4. The van der Waals surface area contributed by atoms with E-state index in [-0.39, 0.29) is 22.4 Å². The van der Waals surface area contributed by atoms with Gasteiger partial charge in [-0.1, -0.05) is 19.4 Å². The van der Waals surface area contributed by atoms with Gasteiger partial charge < -0.3 is 9.47 Å². The van der Waals surface area contributed by atoms with E-state index in [1.54, 1.807) is 15.5 Å². The van der Waals surface area contributed by atoms with Crippen molar-refractivity contribution >= 4 is 11.6 Å². The van der Waals surface area contributed by atoms with Crippen molar-refractivity contribution in [3.63, 3.8) is 0 Å². The summed E-state index contributed by atoms with van der Waals surface area (Å²) in [5.41, 5.74) is 1.43. The van der Waals surface area contributed by atoms with Crippen LogP contribution in [0.1, 0.15) is 73.6 Å². The predicted octanol–water partition coefficient (Wildman–Crippen LogP) is 3.37. The molecule has 1 saturated carbocycles. The van der Waals surface area contributed by atoms with Gasteiger partial charge in [-0.25, -0.2) is 9.97 Å². The molecule has 2 aliphatic rings. The SMILES string of the molecule is CCn1ccnc1C1(C)CCCN(C(=O)c2cnc3c(C4CCC4)cccn3c2=O)C1. The lowest BCUT2D eigenvalue weighted by Gasteiger charge is -2.40. The molecule has 4 heterocycles. The Morgan fingerprint density at radius 1 is 1.23 bits per heavy atom. The molecule has 7 nitrogen and oxygen atoms in total. The molecule has 0 radical (unpaired) electrons. The number of amides is 1. The molecule has 1 atom stereocenters. The van der Waals surface area contributed by atoms with E-state index < -0.39 is 0 Å². The fourth-order valence-electron chi connectivity index (χ4n) is 5.17. The van der Waals surface area contributed by atoms with E-state index in [0.29, 0.717) is 24.7 Å². The lowest BCUT2D eigenvalue weighted by Crippen LogP contribution is -2.49. The average Bonchev–Trinajstić information content (AvgIpc) is 3.23. The molecular formula is C24H29N5O2. The number of carbonyl (C=O) groups excluding carboxylic acids is 1. The first-order valence-corrected chi connectivity index (χ1v) is 11.3. The largest absolute Gasteiger partial charge is 0.337 e. The number of aryl methyl sites for hydroxylation is 1. The van der Waals surface area contributed by atoms with Crippen molar-refractivity contribution in [1.82, 2.24) is 23.8 Å². The number of piperidine rings is 1. The third-order valence-electron chi connectivity index (χ3n) is 7.12. The summed E-state index contributed by atoms with van der Waals surface area (Å²) in [6.07, 6.45) is 12.4. The minimum absolute atomic E-state index is 0.145. The van der Waals surface area contributed by atoms with Crippen LogP contribution in [-0.4, -0.2) is 42.8 Å². The lowest BCUT2D eigenvalue weighted by molar-refractivity contribution is 0.0638. The first-order chi connectivity index (χ1) is 15.0. The molecular weight excluding hydrogens is 390 g/mol. The minimum Gasteiger partial charge on any atom is -0.337 e. The zero-order valence-electron chi connectivity index (χ0n) is 18.3. The molecule has 0 bridgehead atoms. The maximum Gasteiger partial charge on any atom is 0.270 e. The number of fused-ring (bicyclic) bond motifs is 1. The summed E-state index contributed by atoms with van der Waals surface area (Å²) in [5, 5.41) is 0. The molecule has 7 heteroatoms. The van der Waals surface area contributed by atoms with Crippen LogP contribution in [0.25, 0.3) is 5.65 Å². The van der Waals surface area contributed by atoms with Crippen molar-refractivity contribution in [3.8, 4) is 0 Å². The van der Waals surface area contributed by atoms with E-state index in [9.17, 15) is 9.59 Å². The molecule has 3 aromatic rings. The number of rotatable bonds is 4. The third kappa shape index (κ3) is 3.27. The number of carbonyl (C=O) groups is 1. The van der Waals surface area contributed by atoms with Gasteiger partial charge in [0.1, 0.15) is 17.0 Å². The molecule has 1 aliphatic carbocycles. The lowest BCUT2D eigenvalue weighted by atomic mass is 9.80. The van der Waals surface area contributed by atoms with Crippen molar-refractivity contribution in [2.75, 3.05) is 13.1 Å². The molecule has 1 unspecified atom stereocenters. The molecule has 3 aromatic heterocycles. The first-order valence-electron chi connectivity index (χ1n) is 11.3. The van der Waals surface area contributed by atoms with E-state index in [1.807, 2.05) is 18.5 Å². The Bertz CT molecular complexity index is 1190. The van der Waals surface area contributed by atoms with Gasteiger partial charge in [0.05, 0.1) is 0 Å². The Labute approximate surface area is 181 Å². The molecule has 2 fully saturated rings. The molecule has 1 saturated heterocycles. The van der Waals surface area contributed by atoms with Gasteiger partial charge in [0.25, 0.3) is 11.5 Å². The molecule has 1 aliphatic heterocycles. The standard InChI is InChI=1S/C24H29N5O2/c1-3-27-14-11-25-23(27)24(2)10-6-12-28(16-24)21(30)19-15-26-20-18(17-7-4-8-17)9-5-13-29(20)22(19)31/h5,9,11,13-15,17H,3-4,6-8,10,12,16H2,1-2H3. The van der Waals surface area contributed by atoms with Gasteiger partial charge >= 0.3 is 0 Å². The fourth-order valence-corrected chi connectivity index (χ4v) is 5.17. The Kier molecular flexibility index (Phi) is 4.91. The van der Waals surface area contributed by atoms with E-state index >= 15 is 0 Å². The summed E-state index contributed by atoms with van der Waals surface area (Å²) < 4.78 is 3.69. The minimum atomic E-state index is -0.279. The van der Waals surface area contributed by atoms with Gasteiger partial charge in [0, 0.05) is 49.8 Å². The van der Waals surface area contributed by atoms with E-state index in [0.717, 1.165) is 43.6 Å². The molecule has 1 amide bonds. The number of imidazole rings is 1. The second-order valence-electron chi connectivity index (χ2n) is 9.19. The van der Waals surface area contributed by atoms with Gasteiger partial charge in [-0.3, -0.25) is 14.0 Å². The normalized spacial score (nSPS) is 21.9. The van der Waals surface area contributed by atoms with E-state index in [2.05, 4.69) is 34.4 Å². The smallest absolute Gasteiger partial charge is 0.270 e. The third-order valence-corrected chi connectivity index (χ3v) is 7.12. The van der Waals surface area contributed by atoms with Crippen molar-refractivity contribution in [2.24, 2.45) is 0 Å². The van der Waals surface area contributed by atoms with Crippen LogP contribution in [0.2, 0.25) is 0 Å². The quantitative estimate of drug-likeness (QED) is 0.650. The van der Waals surface area contributed by atoms with Crippen LogP contribution in [0.4, 0.5) is 0 Å². The molecule has 162 valence electrons. The maximum absolute atomic E-state index is 13.4. The van der Waals surface area contributed by atoms with Gasteiger partial charge in [-0.05, 0) is 50.2 Å². The molecule has 31 heavy (non-hydrogen) atoms. The van der Waals surface area contributed by atoms with Crippen LogP contribution >= 0.6 is 0 Å². The summed E-state index contributed by atoms with van der Waals surface area (Å²) in [6, 6.07) is 3.94. The van der Waals surface area contributed by atoms with Gasteiger partial charge in [-0.2, -0.15) is 0 Å². The predicted molar refractivity (Wildman–Crippen MR) is 118 cm³/mol. The molecule has 0 spiro atoms. The van der Waals surface area contributed by atoms with Crippen molar-refractivity contribution in [3.05, 3.63) is 64.2 Å². The number of hydrogen-bond donors (Lipinski definition) is 0. The summed E-state index contributed by atoms with van der Waals surface area (Å²) in [6.45, 7) is 6.30. The average molecular weight is 420 g/mol. The Balaban J connectivity index is 1.47. The number of pyridine rings is 1. The number of nitrogens with zero attached hydrogens (tertiary/aromatic N) is 5. The molecule has 0 aromatic carbocycles. The summed E-state index contributed by atoms with van der Waals surface area (Å²) >= 11 is 0. The summed E-state index contributed by atoms with van der Waals surface area (Å²) in [5.74, 6) is 1.24. The van der Waals surface area contributed by atoms with Crippen LogP contribution < -0.4 is 5.56 Å². The molecule has 0 N–H and O–H groups in total. The first kappa shape index (κ1) is 20.0. The highest BCUT2D eigenvalue weighted by Gasteiger charge is 2.38. The number of likely N-dealkylation sites (tertiary alicyclic amines) is 1. The monoisotopic (exact) mass is 419 g/mol. The van der Waals surface area contributed by atoms with Gasteiger partial charge in [-0.15, -0.1) is 0 Å². The highest BCUT2D eigenvalue weighted by Crippen LogP contribution is 2.37. The Hall–Kier alpha value is -2.96. The molecule has 5 rings (SSSR count). The van der Waals surface area contributed by atoms with Crippen LogP contribution in [0.5, 0.6) is 0 Å². The zero-order chi connectivity index (χ0) is 21.6. The van der Waals surface area contributed by atoms with Crippen LogP contribution in [-0.2, 0) is 12.0 Å². The number of hydrogen-bond acceptors (Lipinski definition) is 4. The highest BCUT2D eigenvalue weighted by atomic mass is 16.2. The fraction of sp³-hybridized carbons (Fsp3) is 0.500. The van der Waals surface area contributed by atoms with E-state index in [4.69, 9.17) is 0 Å². The van der Waals surface area contributed by atoms with Crippen LogP contribution in [0.3, 0.4) is 0 Å². The Morgan fingerprint density at radius 2 is 2.06 bits per heavy atom. The summed E-state index contributed by atoms with van der Waals surface area (Å²) in [7, 11) is 0. The second-order valence-corrected chi connectivity index (χ2v) is 9.19. The highest BCUT2D eigenvalue weighted by molar-refractivity contribution is 5.94. The Morgan fingerprint density at radius 3 is 2.81 bits per heavy atom. The van der Waals surface area contributed by atoms with Crippen molar-refractivity contribution in [2.45, 2.75) is 63.8 Å². The second kappa shape index (κ2) is 7.62. The number of aromatic nitrogens is 4. The zero-order valence-corrected chi connectivity index (χ0v) is 18.3. The van der Waals surface area contributed by atoms with Gasteiger partial charge in [0.15, 0.2) is 0 Å². The van der Waals surface area contributed by atoms with Crippen molar-refractivity contribution < 1.29 is 4.79 Å². The van der Waals surface area contributed by atoms with Crippen LogP contribution in [0, 0.1) is 0 Å². The van der Waals surface area contributed by atoms with E-state index in [1.165, 1.54) is 12.6 Å². The van der Waals surface area contributed by atoms with Crippen LogP contribution in [0.15, 0.2) is 41.7 Å². The van der Waals surface area contributed by atoms with Gasteiger partial charge in [0.2, 0.25) is 0 Å².